The van der Waals surface area contributed by atoms with E-state index in [1.54, 1.807) is 6.07 Å². The van der Waals surface area contributed by atoms with E-state index < -0.39 is 0 Å². The molecule has 0 saturated carbocycles. The number of carbonyl (C=O) groups is 1. The Morgan fingerprint density at radius 3 is 2.71 bits per heavy atom. The lowest BCUT2D eigenvalue weighted by Gasteiger charge is -2.36. The molecule has 0 bridgehead atoms. The summed E-state index contributed by atoms with van der Waals surface area (Å²) in [7, 11) is 0. The van der Waals surface area contributed by atoms with E-state index in [0.29, 0.717) is 31.5 Å². The summed E-state index contributed by atoms with van der Waals surface area (Å²) in [6.45, 7) is 8.76. The van der Waals surface area contributed by atoms with Crippen LogP contribution >= 0.6 is 0 Å². The Morgan fingerprint density at radius 1 is 1.29 bits per heavy atom. The molecule has 1 fully saturated rings. The second-order valence-corrected chi connectivity index (χ2v) is 6.48. The molecule has 1 aliphatic rings. The highest BCUT2D eigenvalue weighted by molar-refractivity contribution is 5.73. The summed E-state index contributed by atoms with van der Waals surface area (Å²) >= 11 is 0. The van der Waals surface area contributed by atoms with Crippen LogP contribution in [0, 0.1) is 11.7 Å². The van der Waals surface area contributed by atoms with Gasteiger partial charge in [0.2, 0.25) is 0 Å². The van der Waals surface area contributed by atoms with E-state index in [-0.39, 0.29) is 11.8 Å². The molecule has 0 aromatic heterocycles. The molecule has 2 rings (SSSR count). The maximum Gasteiger partial charge on any atom is 0.314 e. The molecule has 0 aliphatic carbocycles. The quantitative estimate of drug-likeness (QED) is 0.800. The van der Waals surface area contributed by atoms with Crippen molar-refractivity contribution in [1.82, 2.24) is 15.5 Å². The number of morpholine rings is 1. The number of nitrogens with one attached hydrogen (secondary N) is 2. The largest absolute Gasteiger partial charge is 0.379 e. The van der Waals surface area contributed by atoms with E-state index in [2.05, 4.69) is 29.4 Å². The standard InChI is InChI=1S/C18H28FN3O2/c1-14(2)17(22-8-10-24-11-9-22)13-21-18(23)20-7-6-15-4-3-5-16(19)12-15/h3-5,12,14,17H,6-11,13H2,1-2H3,(H2,20,21,23). The topological polar surface area (TPSA) is 53.6 Å². The molecule has 134 valence electrons. The van der Waals surface area contributed by atoms with Crippen LogP contribution in [-0.2, 0) is 11.2 Å². The molecule has 1 heterocycles. The molecule has 1 aromatic carbocycles. The highest BCUT2D eigenvalue weighted by atomic mass is 19.1. The monoisotopic (exact) mass is 337 g/mol. The third-order valence-corrected chi connectivity index (χ3v) is 4.34. The van der Waals surface area contributed by atoms with Crippen molar-refractivity contribution in [3.8, 4) is 0 Å². The van der Waals surface area contributed by atoms with Gasteiger partial charge in [0.1, 0.15) is 5.82 Å². The van der Waals surface area contributed by atoms with E-state index in [4.69, 9.17) is 4.74 Å². The van der Waals surface area contributed by atoms with E-state index in [0.717, 1.165) is 31.9 Å². The maximum atomic E-state index is 13.1. The van der Waals surface area contributed by atoms with Crippen LogP contribution in [0.15, 0.2) is 24.3 Å². The second kappa shape index (κ2) is 9.59. The average molecular weight is 337 g/mol. The van der Waals surface area contributed by atoms with Gasteiger partial charge in [-0.2, -0.15) is 0 Å². The molecule has 2 amide bonds. The van der Waals surface area contributed by atoms with Crippen molar-refractivity contribution in [1.29, 1.82) is 0 Å². The summed E-state index contributed by atoms with van der Waals surface area (Å²) in [5, 5.41) is 5.78. The third-order valence-electron chi connectivity index (χ3n) is 4.34. The lowest BCUT2D eigenvalue weighted by Crippen LogP contribution is -2.52. The number of urea groups is 1. The summed E-state index contributed by atoms with van der Waals surface area (Å²) in [6, 6.07) is 6.58. The molecule has 1 saturated heterocycles. The summed E-state index contributed by atoms with van der Waals surface area (Å²) in [6.07, 6.45) is 0.613. The minimum absolute atomic E-state index is 0.176. The number of hydrogen-bond donors (Lipinski definition) is 2. The van der Waals surface area contributed by atoms with Crippen molar-refractivity contribution in [3.05, 3.63) is 35.6 Å². The SMILES string of the molecule is CC(C)C(CNC(=O)NCCc1cccc(F)c1)N1CCOCC1. The molecule has 2 N–H and O–H groups in total. The Kier molecular flexibility index (Phi) is 7.46. The van der Waals surface area contributed by atoms with E-state index in [1.807, 2.05) is 6.07 Å². The number of halogens is 1. The number of hydrogen-bond acceptors (Lipinski definition) is 3. The zero-order valence-electron chi connectivity index (χ0n) is 14.6. The van der Waals surface area contributed by atoms with Crippen molar-refractivity contribution in [2.24, 2.45) is 5.92 Å². The summed E-state index contributed by atoms with van der Waals surface area (Å²) in [4.78, 5) is 14.3. The van der Waals surface area contributed by atoms with Crippen molar-refractivity contribution in [3.63, 3.8) is 0 Å². The van der Waals surface area contributed by atoms with Crippen molar-refractivity contribution in [2.75, 3.05) is 39.4 Å². The Hall–Kier alpha value is -1.66. The molecular formula is C18H28FN3O2. The van der Waals surface area contributed by atoms with E-state index in [9.17, 15) is 9.18 Å². The van der Waals surface area contributed by atoms with Gasteiger partial charge in [0.15, 0.2) is 0 Å². The fourth-order valence-corrected chi connectivity index (χ4v) is 2.97. The molecular weight excluding hydrogens is 309 g/mol. The van der Waals surface area contributed by atoms with Crippen LogP contribution < -0.4 is 10.6 Å². The van der Waals surface area contributed by atoms with Gasteiger partial charge in [-0.1, -0.05) is 26.0 Å². The Morgan fingerprint density at radius 2 is 2.04 bits per heavy atom. The van der Waals surface area contributed by atoms with Crippen LogP contribution in [0.3, 0.4) is 0 Å². The minimum Gasteiger partial charge on any atom is -0.379 e. The predicted molar refractivity (Wildman–Crippen MR) is 92.5 cm³/mol. The van der Waals surface area contributed by atoms with Crippen LogP contribution in [0.5, 0.6) is 0 Å². The minimum atomic E-state index is -0.248. The molecule has 1 aliphatic heterocycles. The molecule has 1 atom stereocenters. The third kappa shape index (κ3) is 6.09. The first-order valence-electron chi connectivity index (χ1n) is 8.64. The number of rotatable bonds is 7. The van der Waals surface area contributed by atoms with Crippen molar-refractivity contribution >= 4 is 6.03 Å². The fourth-order valence-electron chi connectivity index (χ4n) is 2.97. The zero-order valence-corrected chi connectivity index (χ0v) is 14.6. The van der Waals surface area contributed by atoms with E-state index >= 15 is 0 Å². The molecule has 0 spiro atoms. The van der Waals surface area contributed by atoms with Crippen LogP contribution in [0.1, 0.15) is 19.4 Å². The van der Waals surface area contributed by atoms with Gasteiger partial charge in [-0.15, -0.1) is 0 Å². The Labute approximate surface area is 143 Å². The summed E-state index contributed by atoms with van der Waals surface area (Å²) in [5.41, 5.74) is 0.878. The van der Waals surface area contributed by atoms with Crippen LogP contribution in [0.25, 0.3) is 0 Å². The van der Waals surface area contributed by atoms with Gasteiger partial charge in [-0.3, -0.25) is 4.90 Å². The van der Waals surface area contributed by atoms with Crippen molar-refractivity contribution < 1.29 is 13.9 Å². The predicted octanol–water partition coefficient (Wildman–Crippen LogP) is 2.02. The lowest BCUT2D eigenvalue weighted by atomic mass is 10.0. The molecule has 0 radical (unpaired) electrons. The van der Waals surface area contributed by atoms with Crippen LogP contribution in [-0.4, -0.2) is 56.4 Å². The zero-order chi connectivity index (χ0) is 17.4. The number of benzene rings is 1. The smallest absolute Gasteiger partial charge is 0.314 e. The number of amides is 2. The lowest BCUT2D eigenvalue weighted by molar-refractivity contribution is 0.00720. The average Bonchev–Trinajstić information content (AvgIpc) is 2.56. The van der Waals surface area contributed by atoms with Crippen LogP contribution in [0.4, 0.5) is 9.18 Å². The first-order chi connectivity index (χ1) is 11.6. The van der Waals surface area contributed by atoms with E-state index in [1.165, 1.54) is 12.1 Å². The Bertz CT molecular complexity index is 519. The summed E-state index contributed by atoms with van der Waals surface area (Å²) < 4.78 is 18.5. The highest BCUT2D eigenvalue weighted by Gasteiger charge is 2.24. The fraction of sp³-hybridized carbons (Fsp3) is 0.611. The van der Waals surface area contributed by atoms with Gasteiger partial charge in [0, 0.05) is 32.2 Å². The first kappa shape index (κ1) is 18.7. The van der Waals surface area contributed by atoms with Gasteiger partial charge in [0.05, 0.1) is 13.2 Å². The number of ether oxygens (including phenoxy) is 1. The van der Waals surface area contributed by atoms with Gasteiger partial charge < -0.3 is 15.4 Å². The summed E-state index contributed by atoms with van der Waals surface area (Å²) in [5.74, 6) is 0.206. The highest BCUT2D eigenvalue weighted by Crippen LogP contribution is 2.12. The van der Waals surface area contributed by atoms with Crippen molar-refractivity contribution in [2.45, 2.75) is 26.3 Å². The molecule has 24 heavy (non-hydrogen) atoms. The second-order valence-electron chi connectivity index (χ2n) is 6.48. The maximum absolute atomic E-state index is 13.1. The first-order valence-corrected chi connectivity index (χ1v) is 8.64. The van der Waals surface area contributed by atoms with Gasteiger partial charge in [0.25, 0.3) is 0 Å². The van der Waals surface area contributed by atoms with Gasteiger partial charge in [-0.05, 0) is 30.0 Å². The molecule has 5 nitrogen and oxygen atoms in total. The number of carbonyl (C=O) groups excluding carboxylic acids is 1. The molecule has 6 heteroatoms. The Balaban J connectivity index is 1.70. The van der Waals surface area contributed by atoms with Crippen LogP contribution in [0.2, 0.25) is 0 Å². The van der Waals surface area contributed by atoms with Gasteiger partial charge in [-0.25, -0.2) is 9.18 Å². The number of nitrogens with zero attached hydrogens (tertiary/aromatic N) is 1. The van der Waals surface area contributed by atoms with Gasteiger partial charge >= 0.3 is 6.03 Å². The molecule has 1 aromatic rings. The normalized spacial score (nSPS) is 16.8. The molecule has 1 unspecified atom stereocenters.